The van der Waals surface area contributed by atoms with Gasteiger partial charge in [-0.1, -0.05) is 26.2 Å². The minimum Gasteiger partial charge on any atom is -0.383 e. The first-order chi connectivity index (χ1) is 7.75. The van der Waals surface area contributed by atoms with Gasteiger partial charge in [0.2, 0.25) is 0 Å². The number of nitrogens with one attached hydrogen (secondary N) is 1. The number of anilines is 1. The lowest BCUT2D eigenvalue weighted by Gasteiger charge is -2.29. The number of halogens is 1. The molecule has 2 rings (SSSR count). The molecule has 1 heterocycles. The van der Waals surface area contributed by atoms with Crippen LogP contribution in [-0.4, -0.2) is 11.5 Å². The molecular formula is C13H19BrN2. The van der Waals surface area contributed by atoms with Crippen LogP contribution in [0.4, 0.5) is 5.69 Å². The van der Waals surface area contributed by atoms with E-state index in [2.05, 4.69) is 39.2 Å². The quantitative estimate of drug-likeness (QED) is 0.904. The van der Waals surface area contributed by atoms with Gasteiger partial charge in [-0.05, 0) is 40.3 Å². The third-order valence-electron chi connectivity index (χ3n) is 3.56. The predicted molar refractivity (Wildman–Crippen MR) is 71.5 cm³/mol. The molecule has 0 aliphatic heterocycles. The van der Waals surface area contributed by atoms with E-state index in [4.69, 9.17) is 0 Å². The van der Waals surface area contributed by atoms with Gasteiger partial charge >= 0.3 is 0 Å². The molecule has 1 saturated carbocycles. The third kappa shape index (κ3) is 3.21. The summed E-state index contributed by atoms with van der Waals surface area (Å²) in [5, 5.41) is 3.49. The summed E-state index contributed by atoms with van der Waals surface area (Å²) in [6.07, 6.45) is 9.27. The Balaban J connectivity index is 1.86. The van der Waals surface area contributed by atoms with Gasteiger partial charge in [0.15, 0.2) is 0 Å². The van der Waals surface area contributed by atoms with Gasteiger partial charge in [-0.15, -0.1) is 0 Å². The molecule has 1 N–H and O–H groups in total. The first-order valence-electron chi connectivity index (χ1n) is 6.10. The molecule has 2 nitrogen and oxygen atoms in total. The number of hydrogen-bond acceptors (Lipinski definition) is 2. The Labute approximate surface area is 106 Å². The summed E-state index contributed by atoms with van der Waals surface area (Å²) in [4.78, 5) is 4.16. The van der Waals surface area contributed by atoms with Gasteiger partial charge in [-0.3, -0.25) is 4.98 Å². The van der Waals surface area contributed by atoms with E-state index in [9.17, 15) is 0 Å². The number of rotatable bonds is 3. The van der Waals surface area contributed by atoms with Gasteiger partial charge < -0.3 is 5.32 Å². The Bertz CT molecular complexity index is 340. The molecule has 0 amide bonds. The Hall–Kier alpha value is -0.570. The van der Waals surface area contributed by atoms with Crippen molar-refractivity contribution in [2.24, 2.45) is 11.8 Å². The van der Waals surface area contributed by atoms with Crippen molar-refractivity contribution in [3.63, 3.8) is 0 Å². The monoisotopic (exact) mass is 282 g/mol. The number of pyridine rings is 1. The minimum absolute atomic E-state index is 0.827. The summed E-state index contributed by atoms with van der Waals surface area (Å²) in [7, 11) is 0. The van der Waals surface area contributed by atoms with Crippen molar-refractivity contribution in [2.75, 3.05) is 11.9 Å². The highest BCUT2D eigenvalue weighted by Crippen LogP contribution is 2.29. The number of hydrogen-bond donors (Lipinski definition) is 1. The average Bonchev–Trinajstić information content (AvgIpc) is 2.28. The summed E-state index contributed by atoms with van der Waals surface area (Å²) >= 11 is 3.44. The molecule has 16 heavy (non-hydrogen) atoms. The molecule has 2 unspecified atom stereocenters. The van der Waals surface area contributed by atoms with Crippen LogP contribution in [0.25, 0.3) is 0 Å². The average molecular weight is 283 g/mol. The maximum absolute atomic E-state index is 4.16. The van der Waals surface area contributed by atoms with Crippen LogP contribution in [0, 0.1) is 11.8 Å². The SMILES string of the molecule is CC1CCCCC1CNc1cncc(Br)c1. The number of aromatic nitrogens is 1. The lowest BCUT2D eigenvalue weighted by atomic mass is 9.80. The minimum atomic E-state index is 0.827. The van der Waals surface area contributed by atoms with Crippen molar-refractivity contribution >= 4 is 21.6 Å². The second-order valence-electron chi connectivity index (χ2n) is 4.79. The van der Waals surface area contributed by atoms with Crippen molar-refractivity contribution in [3.05, 3.63) is 22.9 Å². The highest BCUT2D eigenvalue weighted by atomic mass is 79.9. The fourth-order valence-corrected chi connectivity index (χ4v) is 2.82. The highest BCUT2D eigenvalue weighted by Gasteiger charge is 2.20. The molecule has 88 valence electrons. The summed E-state index contributed by atoms with van der Waals surface area (Å²) in [5.74, 6) is 1.69. The molecular weight excluding hydrogens is 264 g/mol. The maximum atomic E-state index is 4.16. The maximum Gasteiger partial charge on any atom is 0.0538 e. The summed E-state index contributed by atoms with van der Waals surface area (Å²) in [5.41, 5.74) is 1.12. The van der Waals surface area contributed by atoms with Crippen LogP contribution in [0.5, 0.6) is 0 Å². The third-order valence-corrected chi connectivity index (χ3v) is 4.00. The Morgan fingerprint density at radius 2 is 2.19 bits per heavy atom. The highest BCUT2D eigenvalue weighted by molar-refractivity contribution is 9.10. The van der Waals surface area contributed by atoms with Gasteiger partial charge in [0.05, 0.1) is 11.9 Å². The van der Waals surface area contributed by atoms with E-state index >= 15 is 0 Å². The second-order valence-corrected chi connectivity index (χ2v) is 5.71. The van der Waals surface area contributed by atoms with Gasteiger partial charge in [0.25, 0.3) is 0 Å². The smallest absolute Gasteiger partial charge is 0.0538 e. The van der Waals surface area contributed by atoms with E-state index in [1.165, 1.54) is 25.7 Å². The molecule has 1 fully saturated rings. The van der Waals surface area contributed by atoms with Gasteiger partial charge in [0.1, 0.15) is 0 Å². The molecule has 0 spiro atoms. The van der Waals surface area contributed by atoms with E-state index in [0.717, 1.165) is 28.5 Å². The second kappa shape index (κ2) is 5.67. The van der Waals surface area contributed by atoms with Crippen LogP contribution in [0.1, 0.15) is 32.6 Å². The fourth-order valence-electron chi connectivity index (χ4n) is 2.45. The molecule has 2 atom stereocenters. The van der Waals surface area contributed by atoms with Crippen molar-refractivity contribution in [2.45, 2.75) is 32.6 Å². The van der Waals surface area contributed by atoms with Crippen LogP contribution in [-0.2, 0) is 0 Å². The molecule has 3 heteroatoms. The van der Waals surface area contributed by atoms with E-state index < -0.39 is 0 Å². The molecule has 0 aromatic carbocycles. The topological polar surface area (TPSA) is 24.9 Å². The summed E-state index contributed by atoms with van der Waals surface area (Å²) < 4.78 is 1.04. The number of nitrogens with zero attached hydrogens (tertiary/aromatic N) is 1. The normalized spacial score (nSPS) is 25.4. The van der Waals surface area contributed by atoms with Crippen molar-refractivity contribution in [1.82, 2.24) is 4.98 Å². The molecule has 1 aromatic rings. The lowest BCUT2D eigenvalue weighted by molar-refractivity contribution is 0.268. The zero-order valence-corrected chi connectivity index (χ0v) is 11.3. The molecule has 0 radical (unpaired) electrons. The zero-order chi connectivity index (χ0) is 11.4. The van der Waals surface area contributed by atoms with E-state index in [1.54, 1.807) is 0 Å². The first kappa shape index (κ1) is 11.9. The van der Waals surface area contributed by atoms with Crippen LogP contribution in [0.15, 0.2) is 22.9 Å². The zero-order valence-electron chi connectivity index (χ0n) is 9.75. The largest absolute Gasteiger partial charge is 0.383 e. The molecule has 1 aliphatic rings. The Morgan fingerprint density at radius 1 is 1.38 bits per heavy atom. The lowest BCUT2D eigenvalue weighted by Crippen LogP contribution is -2.24. The van der Waals surface area contributed by atoms with Crippen molar-refractivity contribution in [1.29, 1.82) is 0 Å². The fraction of sp³-hybridized carbons (Fsp3) is 0.615. The molecule has 0 saturated heterocycles. The van der Waals surface area contributed by atoms with E-state index in [0.29, 0.717) is 0 Å². The van der Waals surface area contributed by atoms with Crippen molar-refractivity contribution < 1.29 is 0 Å². The van der Waals surface area contributed by atoms with Crippen LogP contribution in [0.2, 0.25) is 0 Å². The van der Waals surface area contributed by atoms with Gasteiger partial charge in [-0.2, -0.15) is 0 Å². The molecule has 0 bridgehead atoms. The van der Waals surface area contributed by atoms with Gasteiger partial charge in [0, 0.05) is 17.2 Å². The summed E-state index contributed by atoms with van der Waals surface area (Å²) in [6.45, 7) is 3.46. The van der Waals surface area contributed by atoms with E-state index in [-0.39, 0.29) is 0 Å². The van der Waals surface area contributed by atoms with E-state index in [1.807, 2.05) is 12.4 Å². The Morgan fingerprint density at radius 3 is 2.94 bits per heavy atom. The molecule has 1 aliphatic carbocycles. The van der Waals surface area contributed by atoms with Crippen LogP contribution in [0.3, 0.4) is 0 Å². The summed E-state index contributed by atoms with van der Waals surface area (Å²) in [6, 6.07) is 2.08. The van der Waals surface area contributed by atoms with Gasteiger partial charge in [-0.25, -0.2) is 0 Å². The van der Waals surface area contributed by atoms with Crippen LogP contribution >= 0.6 is 15.9 Å². The van der Waals surface area contributed by atoms with Crippen LogP contribution < -0.4 is 5.32 Å². The molecule has 1 aromatic heterocycles. The van der Waals surface area contributed by atoms with Crippen molar-refractivity contribution in [3.8, 4) is 0 Å². The standard InChI is InChI=1S/C13H19BrN2/c1-10-4-2-3-5-11(10)7-16-13-6-12(14)8-15-9-13/h6,8-11,16H,2-5,7H2,1H3. The predicted octanol–water partition coefficient (Wildman–Crippen LogP) is 4.08. The Kier molecular flexibility index (Phi) is 4.22. The first-order valence-corrected chi connectivity index (χ1v) is 6.89.